The first kappa shape index (κ1) is 13.7. The summed E-state index contributed by atoms with van der Waals surface area (Å²) in [7, 11) is 0. The lowest BCUT2D eigenvalue weighted by Gasteiger charge is -2.08. The lowest BCUT2D eigenvalue weighted by molar-refractivity contribution is -0.141. The third kappa shape index (κ3) is 3.00. The van der Waals surface area contributed by atoms with Gasteiger partial charge in [0, 0.05) is 6.20 Å². The molecular formula is C12H5F4N3O. The van der Waals surface area contributed by atoms with Crippen molar-refractivity contribution in [3.8, 4) is 17.8 Å². The molecule has 0 radical (unpaired) electrons. The molecular weight excluding hydrogens is 278 g/mol. The Morgan fingerprint density at radius 3 is 2.55 bits per heavy atom. The zero-order chi connectivity index (χ0) is 14.8. The fraction of sp³-hybridized carbons (Fsp3) is 0.0833. The highest BCUT2D eigenvalue weighted by molar-refractivity contribution is 5.37. The largest absolute Gasteiger partial charge is 0.433 e. The van der Waals surface area contributed by atoms with Crippen molar-refractivity contribution in [2.45, 2.75) is 6.18 Å². The molecule has 4 nitrogen and oxygen atoms in total. The zero-order valence-corrected chi connectivity index (χ0v) is 9.65. The molecule has 0 unspecified atom stereocenters. The second kappa shape index (κ2) is 5.13. The number of alkyl halides is 3. The lowest BCUT2D eigenvalue weighted by Crippen LogP contribution is -2.09. The van der Waals surface area contributed by atoms with E-state index >= 15 is 0 Å². The van der Waals surface area contributed by atoms with Gasteiger partial charge >= 0.3 is 12.2 Å². The van der Waals surface area contributed by atoms with E-state index in [1.54, 1.807) is 6.07 Å². The Morgan fingerprint density at radius 1 is 1.20 bits per heavy atom. The van der Waals surface area contributed by atoms with E-state index in [2.05, 4.69) is 9.97 Å². The van der Waals surface area contributed by atoms with Crippen LogP contribution in [0.4, 0.5) is 17.6 Å². The van der Waals surface area contributed by atoms with Gasteiger partial charge in [0.25, 0.3) is 0 Å². The van der Waals surface area contributed by atoms with Crippen LogP contribution < -0.4 is 4.74 Å². The number of benzene rings is 1. The van der Waals surface area contributed by atoms with Crippen LogP contribution in [0.1, 0.15) is 11.3 Å². The predicted molar refractivity (Wildman–Crippen MR) is 58.2 cm³/mol. The molecule has 1 heterocycles. The molecule has 8 heteroatoms. The molecule has 2 aromatic rings. The molecule has 1 aromatic heterocycles. The summed E-state index contributed by atoms with van der Waals surface area (Å²) in [5, 5.41) is 8.56. The van der Waals surface area contributed by atoms with Crippen LogP contribution in [0.3, 0.4) is 0 Å². The highest BCUT2D eigenvalue weighted by Gasteiger charge is 2.33. The van der Waals surface area contributed by atoms with Crippen LogP contribution in [0.5, 0.6) is 11.8 Å². The van der Waals surface area contributed by atoms with E-state index in [0.717, 1.165) is 18.3 Å². The number of rotatable bonds is 2. The Balaban J connectivity index is 2.29. The summed E-state index contributed by atoms with van der Waals surface area (Å²) in [5.41, 5.74) is -1.14. The molecule has 20 heavy (non-hydrogen) atoms. The second-order valence-electron chi connectivity index (χ2n) is 3.58. The zero-order valence-electron chi connectivity index (χ0n) is 9.65. The number of nitrogens with zero attached hydrogens (tertiary/aromatic N) is 3. The van der Waals surface area contributed by atoms with Crippen molar-refractivity contribution in [3.05, 3.63) is 47.5 Å². The van der Waals surface area contributed by atoms with Crippen LogP contribution in [0.25, 0.3) is 0 Å². The van der Waals surface area contributed by atoms with Crippen molar-refractivity contribution >= 4 is 0 Å². The average Bonchev–Trinajstić information content (AvgIpc) is 2.40. The fourth-order valence-corrected chi connectivity index (χ4v) is 1.30. The normalized spacial score (nSPS) is 10.9. The number of hydrogen-bond acceptors (Lipinski definition) is 4. The number of hydrogen-bond donors (Lipinski definition) is 0. The van der Waals surface area contributed by atoms with Crippen LogP contribution in [0.2, 0.25) is 0 Å². The number of aromatic nitrogens is 2. The first-order valence-electron chi connectivity index (χ1n) is 5.18. The van der Waals surface area contributed by atoms with Crippen LogP contribution in [0.15, 0.2) is 30.5 Å². The van der Waals surface area contributed by atoms with Gasteiger partial charge in [-0.2, -0.15) is 23.4 Å². The van der Waals surface area contributed by atoms with Gasteiger partial charge in [-0.1, -0.05) is 0 Å². The molecule has 0 fully saturated rings. The Labute approximate surface area is 110 Å². The first-order chi connectivity index (χ1) is 9.40. The Hall–Kier alpha value is -2.69. The van der Waals surface area contributed by atoms with Gasteiger partial charge in [-0.05, 0) is 24.3 Å². The van der Waals surface area contributed by atoms with E-state index in [1.165, 1.54) is 6.07 Å². The van der Waals surface area contributed by atoms with Crippen molar-refractivity contribution in [1.29, 1.82) is 5.26 Å². The summed E-state index contributed by atoms with van der Waals surface area (Å²) in [6, 6.07) is 5.00. The Morgan fingerprint density at radius 2 is 1.95 bits per heavy atom. The van der Waals surface area contributed by atoms with Crippen LogP contribution in [0, 0.1) is 17.1 Å². The Kier molecular flexibility index (Phi) is 3.52. The summed E-state index contributed by atoms with van der Waals surface area (Å²) < 4.78 is 55.6. The standard InChI is InChI=1S/C12H5F4N3O/c13-8-5-7(6-17)1-2-9(8)20-11-18-4-3-10(19-11)12(14,15)16/h1-5H. The molecule has 2 rings (SSSR count). The summed E-state index contributed by atoms with van der Waals surface area (Å²) in [6.45, 7) is 0. The van der Waals surface area contributed by atoms with Gasteiger partial charge in [0.05, 0.1) is 11.6 Å². The van der Waals surface area contributed by atoms with Gasteiger partial charge in [0.2, 0.25) is 0 Å². The minimum atomic E-state index is -4.65. The minimum absolute atomic E-state index is 0.0554. The summed E-state index contributed by atoms with van der Waals surface area (Å²) in [6.07, 6.45) is -3.79. The first-order valence-corrected chi connectivity index (χ1v) is 5.18. The molecule has 1 aromatic carbocycles. The van der Waals surface area contributed by atoms with Crippen LogP contribution in [-0.4, -0.2) is 9.97 Å². The monoisotopic (exact) mass is 283 g/mol. The molecule has 0 aliphatic carbocycles. The van der Waals surface area contributed by atoms with Gasteiger partial charge in [-0.25, -0.2) is 9.37 Å². The maximum atomic E-state index is 13.5. The molecule has 0 amide bonds. The highest BCUT2D eigenvalue weighted by Crippen LogP contribution is 2.29. The van der Waals surface area contributed by atoms with Crippen molar-refractivity contribution in [2.75, 3.05) is 0 Å². The quantitative estimate of drug-likeness (QED) is 0.793. The highest BCUT2D eigenvalue weighted by atomic mass is 19.4. The molecule has 102 valence electrons. The van der Waals surface area contributed by atoms with Crippen molar-refractivity contribution in [2.24, 2.45) is 0 Å². The number of nitriles is 1. The fourth-order valence-electron chi connectivity index (χ4n) is 1.30. The van der Waals surface area contributed by atoms with Gasteiger partial charge in [0.15, 0.2) is 17.3 Å². The van der Waals surface area contributed by atoms with E-state index in [9.17, 15) is 17.6 Å². The topological polar surface area (TPSA) is 58.8 Å². The van der Waals surface area contributed by atoms with Gasteiger partial charge in [0.1, 0.15) is 0 Å². The van der Waals surface area contributed by atoms with Gasteiger partial charge in [-0.15, -0.1) is 0 Å². The molecule has 0 atom stereocenters. The van der Waals surface area contributed by atoms with E-state index in [0.29, 0.717) is 6.07 Å². The number of halogens is 4. The molecule has 0 saturated heterocycles. The lowest BCUT2D eigenvalue weighted by atomic mass is 10.2. The molecule has 0 N–H and O–H groups in total. The van der Waals surface area contributed by atoms with Crippen LogP contribution in [-0.2, 0) is 6.18 Å². The minimum Gasteiger partial charge on any atom is -0.421 e. The second-order valence-corrected chi connectivity index (χ2v) is 3.58. The summed E-state index contributed by atoms with van der Waals surface area (Å²) in [5.74, 6) is -1.27. The van der Waals surface area contributed by atoms with Crippen molar-refractivity contribution in [3.63, 3.8) is 0 Å². The van der Waals surface area contributed by atoms with Gasteiger partial charge in [-0.3, -0.25) is 0 Å². The third-order valence-electron chi connectivity index (χ3n) is 2.19. The third-order valence-corrected chi connectivity index (χ3v) is 2.19. The molecule has 0 spiro atoms. The molecule has 0 aliphatic heterocycles. The smallest absolute Gasteiger partial charge is 0.421 e. The summed E-state index contributed by atoms with van der Waals surface area (Å²) >= 11 is 0. The molecule has 0 bridgehead atoms. The predicted octanol–water partition coefficient (Wildman–Crippen LogP) is 3.30. The molecule has 0 aliphatic rings. The van der Waals surface area contributed by atoms with Crippen LogP contribution >= 0.6 is 0 Å². The van der Waals surface area contributed by atoms with E-state index in [4.69, 9.17) is 10.00 Å². The maximum Gasteiger partial charge on any atom is 0.433 e. The van der Waals surface area contributed by atoms with Crippen molar-refractivity contribution < 1.29 is 22.3 Å². The SMILES string of the molecule is N#Cc1ccc(Oc2nccc(C(F)(F)F)n2)c(F)c1. The van der Waals surface area contributed by atoms with E-state index in [1.807, 2.05) is 0 Å². The van der Waals surface area contributed by atoms with E-state index in [-0.39, 0.29) is 11.3 Å². The summed E-state index contributed by atoms with van der Waals surface area (Å²) in [4.78, 5) is 6.60. The average molecular weight is 283 g/mol. The number of ether oxygens (including phenoxy) is 1. The van der Waals surface area contributed by atoms with Gasteiger partial charge < -0.3 is 4.74 Å². The van der Waals surface area contributed by atoms with E-state index < -0.39 is 23.7 Å². The molecule has 0 saturated carbocycles. The maximum absolute atomic E-state index is 13.5. The van der Waals surface area contributed by atoms with Crippen molar-refractivity contribution in [1.82, 2.24) is 9.97 Å². The Bertz CT molecular complexity index is 679.